The van der Waals surface area contributed by atoms with Gasteiger partial charge in [0.05, 0.1) is 5.52 Å². The van der Waals surface area contributed by atoms with Gasteiger partial charge >= 0.3 is 0 Å². The predicted octanol–water partition coefficient (Wildman–Crippen LogP) is 1.15. The first-order chi connectivity index (χ1) is 6.27. The molecule has 1 aromatic heterocycles. The zero-order valence-corrected chi connectivity index (χ0v) is 7.99. The molecule has 0 saturated heterocycles. The van der Waals surface area contributed by atoms with Crippen LogP contribution in [0.25, 0.3) is 10.9 Å². The first-order valence-electron chi connectivity index (χ1n) is 3.77. The third-order valence-electron chi connectivity index (χ3n) is 1.79. The average Bonchev–Trinajstić information content (AvgIpc) is 2.17. The number of amides is 1. The van der Waals surface area contributed by atoms with Crippen LogP contribution in [0.3, 0.4) is 0 Å². The van der Waals surface area contributed by atoms with E-state index >= 15 is 0 Å². The lowest BCUT2D eigenvalue weighted by Gasteiger charge is -1.97. The molecule has 5 heteroatoms. The number of hydrogen-bond acceptors (Lipinski definition) is 3. The minimum atomic E-state index is -0.444. The fourth-order valence-electron chi connectivity index (χ4n) is 1.13. The maximum atomic E-state index is 10.8. The molecule has 0 saturated carbocycles. The van der Waals surface area contributed by atoms with E-state index in [1.165, 1.54) is 6.33 Å². The second-order valence-electron chi connectivity index (χ2n) is 2.66. The van der Waals surface area contributed by atoms with Crippen LogP contribution in [0.1, 0.15) is 10.4 Å². The van der Waals surface area contributed by atoms with Gasteiger partial charge in [-0.25, -0.2) is 9.97 Å². The van der Waals surface area contributed by atoms with Gasteiger partial charge in [-0.2, -0.15) is 0 Å². The molecule has 1 amide bonds. The molecule has 0 atom stereocenters. The highest BCUT2D eigenvalue weighted by Gasteiger charge is 2.01. The Kier molecular flexibility index (Phi) is 2.99. The summed E-state index contributed by atoms with van der Waals surface area (Å²) in [5, 5.41) is 0.896. The summed E-state index contributed by atoms with van der Waals surface area (Å²) in [6.45, 7) is 0. The van der Waals surface area contributed by atoms with Crippen LogP contribution >= 0.6 is 12.4 Å². The van der Waals surface area contributed by atoms with E-state index in [0.717, 1.165) is 10.9 Å². The Bertz CT molecular complexity index is 472. The highest BCUT2D eigenvalue weighted by Crippen LogP contribution is 2.11. The van der Waals surface area contributed by atoms with E-state index < -0.39 is 5.91 Å². The Hall–Kier alpha value is -1.68. The smallest absolute Gasteiger partial charge is 0.248 e. The van der Waals surface area contributed by atoms with Crippen molar-refractivity contribution in [2.45, 2.75) is 0 Å². The monoisotopic (exact) mass is 209 g/mol. The van der Waals surface area contributed by atoms with Gasteiger partial charge in [-0.3, -0.25) is 4.79 Å². The number of benzene rings is 1. The third kappa shape index (κ3) is 1.80. The van der Waals surface area contributed by atoms with Crippen molar-refractivity contribution in [2.24, 2.45) is 5.73 Å². The van der Waals surface area contributed by atoms with E-state index in [4.69, 9.17) is 5.73 Å². The Morgan fingerprint density at radius 2 is 2.14 bits per heavy atom. The molecule has 0 fully saturated rings. The molecule has 14 heavy (non-hydrogen) atoms. The van der Waals surface area contributed by atoms with Crippen LogP contribution in [0.5, 0.6) is 0 Å². The maximum absolute atomic E-state index is 10.8. The van der Waals surface area contributed by atoms with E-state index in [1.54, 1.807) is 24.4 Å². The summed E-state index contributed by atoms with van der Waals surface area (Å²) in [6.07, 6.45) is 3.13. The van der Waals surface area contributed by atoms with Crippen molar-refractivity contribution in [3.63, 3.8) is 0 Å². The minimum Gasteiger partial charge on any atom is -0.366 e. The molecule has 0 spiro atoms. The molecule has 2 rings (SSSR count). The number of hydrogen-bond donors (Lipinski definition) is 1. The number of primary amides is 1. The molecule has 0 aliphatic rings. The van der Waals surface area contributed by atoms with Gasteiger partial charge in [0.1, 0.15) is 6.33 Å². The fourth-order valence-corrected chi connectivity index (χ4v) is 1.13. The molecule has 0 bridgehead atoms. The van der Waals surface area contributed by atoms with Gasteiger partial charge in [0.2, 0.25) is 5.91 Å². The molecule has 4 nitrogen and oxygen atoms in total. The molecule has 0 unspecified atom stereocenters. The molecule has 0 aliphatic heterocycles. The molecule has 1 heterocycles. The Balaban J connectivity index is 0.000000980. The zero-order chi connectivity index (χ0) is 9.26. The van der Waals surface area contributed by atoms with Crippen molar-refractivity contribution < 1.29 is 4.79 Å². The Morgan fingerprint density at radius 1 is 1.36 bits per heavy atom. The van der Waals surface area contributed by atoms with Crippen LogP contribution in [0, 0.1) is 0 Å². The average molecular weight is 210 g/mol. The van der Waals surface area contributed by atoms with Crippen LogP contribution in [-0.4, -0.2) is 15.9 Å². The quantitative estimate of drug-likeness (QED) is 0.766. The number of aromatic nitrogens is 2. The number of carbonyl (C=O) groups excluding carboxylic acids is 1. The zero-order valence-electron chi connectivity index (χ0n) is 7.18. The lowest BCUT2D eigenvalue weighted by molar-refractivity contribution is 0.100. The highest BCUT2D eigenvalue weighted by atomic mass is 35.5. The molecule has 72 valence electrons. The number of halogens is 1. The molecule has 1 aromatic carbocycles. The second-order valence-corrected chi connectivity index (χ2v) is 2.66. The largest absolute Gasteiger partial charge is 0.366 e. The summed E-state index contributed by atoms with van der Waals surface area (Å²) in [6, 6.07) is 5.09. The van der Waals surface area contributed by atoms with Crippen molar-refractivity contribution in [3.8, 4) is 0 Å². The van der Waals surface area contributed by atoms with Crippen LogP contribution in [0.4, 0.5) is 0 Å². The Morgan fingerprint density at radius 3 is 2.86 bits per heavy atom. The Labute approximate surface area is 86.6 Å². The van der Waals surface area contributed by atoms with Gasteiger partial charge < -0.3 is 5.73 Å². The van der Waals surface area contributed by atoms with Gasteiger partial charge in [-0.05, 0) is 12.1 Å². The van der Waals surface area contributed by atoms with Crippen LogP contribution in [-0.2, 0) is 0 Å². The number of nitrogens with two attached hydrogens (primary N) is 1. The van der Waals surface area contributed by atoms with Gasteiger partial charge in [-0.15, -0.1) is 12.4 Å². The molecular formula is C9H8ClN3O. The van der Waals surface area contributed by atoms with E-state index in [9.17, 15) is 4.79 Å². The summed E-state index contributed by atoms with van der Waals surface area (Å²) < 4.78 is 0. The summed E-state index contributed by atoms with van der Waals surface area (Å²) in [7, 11) is 0. The van der Waals surface area contributed by atoms with Gasteiger partial charge in [-0.1, -0.05) is 6.07 Å². The lowest BCUT2D eigenvalue weighted by atomic mass is 10.1. The summed E-state index contributed by atoms with van der Waals surface area (Å²) in [4.78, 5) is 18.7. The fraction of sp³-hybridized carbons (Fsp3) is 0. The minimum absolute atomic E-state index is 0. The number of rotatable bonds is 1. The summed E-state index contributed by atoms with van der Waals surface area (Å²) in [5.41, 5.74) is 6.31. The summed E-state index contributed by atoms with van der Waals surface area (Å²) in [5.74, 6) is -0.444. The standard InChI is InChI=1S/C9H7N3O.ClH/c10-9(13)6-1-2-7-4-11-5-12-8(7)3-6;/h1-5H,(H2,10,13);1H. The van der Waals surface area contributed by atoms with Gasteiger partial charge in [0, 0.05) is 17.1 Å². The third-order valence-corrected chi connectivity index (χ3v) is 1.79. The lowest BCUT2D eigenvalue weighted by Crippen LogP contribution is -2.10. The second kappa shape index (κ2) is 4.02. The van der Waals surface area contributed by atoms with Crippen LogP contribution in [0.2, 0.25) is 0 Å². The maximum Gasteiger partial charge on any atom is 0.248 e. The number of nitrogens with zero attached hydrogens (tertiary/aromatic N) is 2. The van der Waals surface area contributed by atoms with E-state index in [-0.39, 0.29) is 12.4 Å². The van der Waals surface area contributed by atoms with E-state index in [1.807, 2.05) is 0 Å². The molecule has 0 radical (unpaired) electrons. The van der Waals surface area contributed by atoms with E-state index in [0.29, 0.717) is 5.56 Å². The van der Waals surface area contributed by atoms with Crippen LogP contribution < -0.4 is 5.73 Å². The number of carbonyl (C=O) groups is 1. The van der Waals surface area contributed by atoms with Crippen molar-refractivity contribution >= 4 is 29.2 Å². The van der Waals surface area contributed by atoms with Gasteiger partial charge in [0.15, 0.2) is 0 Å². The molecule has 0 aliphatic carbocycles. The number of fused-ring (bicyclic) bond motifs is 1. The van der Waals surface area contributed by atoms with Crippen molar-refractivity contribution in [2.75, 3.05) is 0 Å². The SMILES string of the molecule is Cl.NC(=O)c1ccc2cncnc2c1. The van der Waals surface area contributed by atoms with Crippen molar-refractivity contribution in [1.29, 1.82) is 0 Å². The van der Waals surface area contributed by atoms with Crippen LogP contribution in [0.15, 0.2) is 30.7 Å². The first-order valence-corrected chi connectivity index (χ1v) is 3.77. The van der Waals surface area contributed by atoms with Gasteiger partial charge in [0.25, 0.3) is 0 Å². The highest BCUT2D eigenvalue weighted by molar-refractivity contribution is 5.96. The van der Waals surface area contributed by atoms with Crippen molar-refractivity contribution in [1.82, 2.24) is 9.97 Å². The topological polar surface area (TPSA) is 68.9 Å². The normalized spacial score (nSPS) is 9.43. The van der Waals surface area contributed by atoms with Crippen molar-refractivity contribution in [3.05, 3.63) is 36.3 Å². The summed E-state index contributed by atoms with van der Waals surface area (Å²) >= 11 is 0. The van der Waals surface area contributed by atoms with E-state index in [2.05, 4.69) is 9.97 Å². The first kappa shape index (κ1) is 10.4. The molecule has 2 aromatic rings. The molecular weight excluding hydrogens is 202 g/mol. The predicted molar refractivity (Wildman–Crippen MR) is 55.3 cm³/mol. The molecule has 2 N–H and O–H groups in total.